The predicted molar refractivity (Wildman–Crippen MR) is 97.1 cm³/mol. The lowest BCUT2D eigenvalue weighted by atomic mass is 10.1. The third-order valence-corrected chi connectivity index (χ3v) is 4.97. The molecule has 2 N–H and O–H groups in total. The summed E-state index contributed by atoms with van der Waals surface area (Å²) in [6.07, 6.45) is 0. The molecule has 3 aromatic rings. The quantitative estimate of drug-likeness (QED) is 0.723. The number of primary amides is 1. The number of hydrogen-bond acceptors (Lipinski definition) is 6. The molecule has 130 valence electrons. The molecule has 0 unspecified atom stereocenters. The van der Waals surface area contributed by atoms with Crippen LogP contribution in [0.1, 0.15) is 29.9 Å². The third kappa shape index (κ3) is 2.91. The number of carbonyl (C=O) groups excluding carboxylic acids is 2. The lowest BCUT2D eigenvalue weighted by Gasteiger charge is -2.23. The highest BCUT2D eigenvalue weighted by Crippen LogP contribution is 2.41. The summed E-state index contributed by atoms with van der Waals surface area (Å²) < 4.78 is 11.7. The second-order valence-electron chi connectivity index (χ2n) is 6.19. The van der Waals surface area contributed by atoms with E-state index in [2.05, 4.69) is 4.98 Å². The zero-order valence-corrected chi connectivity index (χ0v) is 15.2. The summed E-state index contributed by atoms with van der Waals surface area (Å²) in [5.74, 6) is -0.547. The summed E-state index contributed by atoms with van der Waals surface area (Å²) in [5.41, 5.74) is 5.38. The number of esters is 1. The number of methoxy groups -OCH3 is 1. The Hall–Kier alpha value is -2.67. The Morgan fingerprint density at radius 2 is 1.96 bits per heavy atom. The molecule has 0 aliphatic carbocycles. The number of hydrogen-bond donors (Lipinski definition) is 1. The van der Waals surface area contributed by atoms with E-state index in [4.69, 9.17) is 15.2 Å². The summed E-state index contributed by atoms with van der Waals surface area (Å²) in [4.78, 5) is 29.1. The molecule has 1 amide bonds. The van der Waals surface area contributed by atoms with E-state index < -0.39 is 17.5 Å². The van der Waals surface area contributed by atoms with Crippen LogP contribution in [0, 0.1) is 6.92 Å². The number of carbonyl (C=O) groups is 2. The Kier molecular flexibility index (Phi) is 4.12. The van der Waals surface area contributed by atoms with Crippen LogP contribution in [0.2, 0.25) is 0 Å². The van der Waals surface area contributed by atoms with Crippen LogP contribution in [0.3, 0.4) is 0 Å². The summed E-state index contributed by atoms with van der Waals surface area (Å²) in [6, 6.07) is 7.19. The van der Waals surface area contributed by atoms with Crippen LogP contribution in [-0.4, -0.2) is 29.6 Å². The molecule has 0 atom stereocenters. The fourth-order valence-electron chi connectivity index (χ4n) is 2.59. The van der Waals surface area contributed by atoms with Crippen molar-refractivity contribution in [3.8, 4) is 5.75 Å². The Morgan fingerprint density at radius 3 is 2.60 bits per heavy atom. The summed E-state index contributed by atoms with van der Waals surface area (Å²) in [5, 5.41) is 1.39. The first kappa shape index (κ1) is 17.2. The van der Waals surface area contributed by atoms with Gasteiger partial charge < -0.3 is 15.2 Å². The zero-order chi connectivity index (χ0) is 18.4. The minimum atomic E-state index is -1.19. The number of nitrogens with two attached hydrogens (primary N) is 1. The van der Waals surface area contributed by atoms with E-state index in [0.29, 0.717) is 21.5 Å². The molecular formula is C18H18N2O4S. The van der Waals surface area contributed by atoms with Gasteiger partial charge in [0.15, 0.2) is 5.60 Å². The summed E-state index contributed by atoms with van der Waals surface area (Å²) >= 11 is 1.45. The molecule has 2 heterocycles. The van der Waals surface area contributed by atoms with Crippen molar-refractivity contribution in [1.29, 1.82) is 0 Å². The average molecular weight is 358 g/mol. The molecule has 1 aromatic carbocycles. The van der Waals surface area contributed by atoms with Gasteiger partial charge in [0.2, 0.25) is 0 Å². The topological polar surface area (TPSA) is 91.5 Å². The van der Waals surface area contributed by atoms with E-state index in [1.165, 1.54) is 18.4 Å². The minimum Gasteiger partial charge on any atom is -0.477 e. The van der Waals surface area contributed by atoms with Crippen molar-refractivity contribution in [1.82, 2.24) is 4.98 Å². The van der Waals surface area contributed by atoms with Crippen LogP contribution in [0.25, 0.3) is 20.3 Å². The standard InChI is InChI=1S/C18H18N2O4S/c1-9-8-10(16(21)23-4)13-14-11(24-18(2,3)17(19)22)6-5-7-12(14)25-15(13)20-9/h5-8H,1-4H3,(H2,19,22). The lowest BCUT2D eigenvalue weighted by molar-refractivity contribution is -0.130. The maximum atomic E-state index is 12.3. The van der Waals surface area contributed by atoms with Crippen LogP contribution in [0.4, 0.5) is 0 Å². The highest BCUT2D eigenvalue weighted by molar-refractivity contribution is 7.25. The van der Waals surface area contributed by atoms with Gasteiger partial charge >= 0.3 is 5.97 Å². The number of thiophene rings is 1. The highest BCUT2D eigenvalue weighted by Gasteiger charge is 2.29. The van der Waals surface area contributed by atoms with E-state index in [1.54, 1.807) is 26.0 Å². The molecule has 3 rings (SSSR count). The van der Waals surface area contributed by atoms with Crippen molar-refractivity contribution in [3.63, 3.8) is 0 Å². The number of benzene rings is 1. The maximum Gasteiger partial charge on any atom is 0.338 e. The molecule has 0 aliphatic rings. The fraction of sp³-hybridized carbons (Fsp3) is 0.278. The van der Waals surface area contributed by atoms with Gasteiger partial charge in [-0.15, -0.1) is 11.3 Å². The van der Waals surface area contributed by atoms with Crippen LogP contribution < -0.4 is 10.5 Å². The molecule has 25 heavy (non-hydrogen) atoms. The Morgan fingerprint density at radius 1 is 1.24 bits per heavy atom. The molecule has 0 aliphatic heterocycles. The van der Waals surface area contributed by atoms with Crippen molar-refractivity contribution >= 4 is 43.5 Å². The van der Waals surface area contributed by atoms with Gasteiger partial charge in [-0.1, -0.05) is 6.07 Å². The largest absolute Gasteiger partial charge is 0.477 e. The van der Waals surface area contributed by atoms with Gasteiger partial charge in [0, 0.05) is 21.2 Å². The fourth-order valence-corrected chi connectivity index (χ4v) is 3.75. The number of aromatic nitrogens is 1. The van der Waals surface area contributed by atoms with E-state index in [9.17, 15) is 9.59 Å². The number of pyridine rings is 1. The normalized spacial score (nSPS) is 11.7. The van der Waals surface area contributed by atoms with Crippen molar-refractivity contribution in [3.05, 3.63) is 35.5 Å². The SMILES string of the molecule is COC(=O)c1cc(C)nc2sc3cccc(OC(C)(C)C(N)=O)c3c12. The highest BCUT2D eigenvalue weighted by atomic mass is 32.1. The number of rotatable bonds is 4. The first-order chi connectivity index (χ1) is 11.7. The van der Waals surface area contributed by atoms with Gasteiger partial charge in [-0.25, -0.2) is 9.78 Å². The summed E-state index contributed by atoms with van der Waals surface area (Å²) in [6.45, 7) is 5.03. The van der Waals surface area contributed by atoms with Crippen molar-refractivity contribution < 1.29 is 19.1 Å². The predicted octanol–water partition coefficient (Wildman–Crippen LogP) is 3.19. The van der Waals surface area contributed by atoms with Gasteiger partial charge in [-0.2, -0.15) is 0 Å². The van der Waals surface area contributed by atoms with E-state index in [0.717, 1.165) is 15.8 Å². The number of fused-ring (bicyclic) bond motifs is 3. The molecule has 7 heteroatoms. The molecular weight excluding hydrogens is 340 g/mol. The molecule has 0 spiro atoms. The van der Waals surface area contributed by atoms with Gasteiger partial charge in [-0.3, -0.25) is 4.79 Å². The maximum absolute atomic E-state index is 12.3. The van der Waals surface area contributed by atoms with Crippen LogP contribution in [0.15, 0.2) is 24.3 Å². The number of nitrogens with zero attached hydrogens (tertiary/aromatic N) is 1. The molecule has 0 saturated heterocycles. The van der Waals surface area contributed by atoms with Crippen LogP contribution in [-0.2, 0) is 9.53 Å². The van der Waals surface area contributed by atoms with Crippen molar-refractivity contribution in [2.24, 2.45) is 5.73 Å². The molecule has 0 radical (unpaired) electrons. The van der Waals surface area contributed by atoms with Crippen LogP contribution >= 0.6 is 11.3 Å². The van der Waals surface area contributed by atoms with Crippen LogP contribution in [0.5, 0.6) is 5.75 Å². The van der Waals surface area contributed by atoms with Crippen molar-refractivity contribution in [2.75, 3.05) is 7.11 Å². The molecule has 0 fully saturated rings. The second kappa shape index (κ2) is 6.00. The summed E-state index contributed by atoms with van der Waals surface area (Å²) in [7, 11) is 1.34. The van der Waals surface area contributed by atoms with Gasteiger partial charge in [0.25, 0.3) is 5.91 Å². The van der Waals surface area contributed by atoms with E-state index in [1.807, 2.05) is 19.1 Å². The number of aryl methyl sites for hydroxylation is 1. The molecule has 0 saturated carbocycles. The van der Waals surface area contributed by atoms with Crippen molar-refractivity contribution in [2.45, 2.75) is 26.4 Å². The first-order valence-electron chi connectivity index (χ1n) is 7.64. The second-order valence-corrected chi connectivity index (χ2v) is 7.22. The van der Waals surface area contributed by atoms with Gasteiger partial charge in [0.1, 0.15) is 10.6 Å². The lowest BCUT2D eigenvalue weighted by Crippen LogP contribution is -2.43. The zero-order valence-electron chi connectivity index (χ0n) is 14.4. The Bertz CT molecular complexity index is 1010. The van der Waals surface area contributed by atoms with Gasteiger partial charge in [-0.05, 0) is 39.0 Å². The van der Waals surface area contributed by atoms with Gasteiger partial charge in [0.05, 0.1) is 12.7 Å². The van der Waals surface area contributed by atoms with E-state index in [-0.39, 0.29) is 0 Å². The van der Waals surface area contributed by atoms with E-state index >= 15 is 0 Å². The first-order valence-corrected chi connectivity index (χ1v) is 8.46. The Labute approximate surface area is 148 Å². The number of amides is 1. The molecule has 2 aromatic heterocycles. The molecule has 0 bridgehead atoms. The smallest absolute Gasteiger partial charge is 0.338 e. The Balaban J connectivity index is 2.35. The average Bonchev–Trinajstić information content (AvgIpc) is 2.91. The number of ether oxygens (including phenoxy) is 2. The third-order valence-electron chi connectivity index (χ3n) is 3.92. The monoisotopic (exact) mass is 358 g/mol. The minimum absolute atomic E-state index is 0.421. The molecule has 6 nitrogen and oxygen atoms in total.